The lowest BCUT2D eigenvalue weighted by Gasteiger charge is -2.09. The van der Waals surface area contributed by atoms with E-state index in [0.717, 1.165) is 5.01 Å². The van der Waals surface area contributed by atoms with Crippen LogP contribution in [0.3, 0.4) is 0 Å². The monoisotopic (exact) mass is 381 g/mol. The molecule has 0 amide bonds. The topological polar surface area (TPSA) is 77.6 Å². The summed E-state index contributed by atoms with van der Waals surface area (Å²) in [6, 6.07) is 1.77. The van der Waals surface area contributed by atoms with Gasteiger partial charge in [0.15, 0.2) is 5.15 Å². The molecule has 5 nitrogen and oxygen atoms in total. The second kappa shape index (κ2) is 5.67. The largest absolute Gasteiger partial charge is 0.398 e. The first-order valence-corrected chi connectivity index (χ1v) is 7.96. The average molecular weight is 383 g/mol. The highest BCUT2D eigenvalue weighted by Gasteiger charge is 2.15. The van der Waals surface area contributed by atoms with Crippen molar-refractivity contribution in [1.29, 1.82) is 0 Å². The summed E-state index contributed by atoms with van der Waals surface area (Å²) in [6.07, 6.45) is 3.35. The predicted octanol–water partition coefficient (Wildman–Crippen LogP) is 3.97. The quantitative estimate of drug-likeness (QED) is 0.725. The Kier molecular flexibility index (Phi) is 3.88. The van der Waals surface area contributed by atoms with Gasteiger partial charge in [0.25, 0.3) is 0 Å². The number of nitrogen functional groups attached to an aromatic ring is 1. The molecule has 3 aromatic rings. The SMILES string of the molecule is Cc1ncc(-c2nc(-c3nccs3)cc(N)c2Br)nc1Cl. The lowest BCUT2D eigenvalue weighted by atomic mass is 10.2. The molecule has 8 heteroatoms. The summed E-state index contributed by atoms with van der Waals surface area (Å²) in [7, 11) is 0. The van der Waals surface area contributed by atoms with Crippen LogP contribution in [0.2, 0.25) is 5.15 Å². The van der Waals surface area contributed by atoms with Gasteiger partial charge in [-0.2, -0.15) is 0 Å². The highest BCUT2D eigenvalue weighted by Crippen LogP contribution is 2.34. The minimum absolute atomic E-state index is 0.347. The predicted molar refractivity (Wildman–Crippen MR) is 88.2 cm³/mol. The summed E-state index contributed by atoms with van der Waals surface area (Å²) in [6.45, 7) is 1.79. The smallest absolute Gasteiger partial charge is 0.151 e. The highest BCUT2D eigenvalue weighted by molar-refractivity contribution is 9.10. The molecule has 0 radical (unpaired) electrons. The third kappa shape index (κ3) is 2.76. The van der Waals surface area contributed by atoms with Gasteiger partial charge in [0.1, 0.15) is 22.1 Å². The van der Waals surface area contributed by atoms with Gasteiger partial charge in [-0.05, 0) is 28.9 Å². The Balaban J connectivity index is 2.19. The summed E-state index contributed by atoms with van der Waals surface area (Å²) < 4.78 is 0.664. The molecular formula is C13H9BrClN5S. The average Bonchev–Trinajstić information content (AvgIpc) is 2.99. The maximum Gasteiger partial charge on any atom is 0.151 e. The van der Waals surface area contributed by atoms with E-state index in [2.05, 4.69) is 35.9 Å². The van der Waals surface area contributed by atoms with Crippen LogP contribution in [-0.2, 0) is 0 Å². The van der Waals surface area contributed by atoms with Crippen molar-refractivity contribution in [2.75, 3.05) is 5.73 Å². The van der Waals surface area contributed by atoms with Gasteiger partial charge in [0.05, 0.1) is 22.1 Å². The second-order valence-electron chi connectivity index (χ2n) is 4.23. The van der Waals surface area contributed by atoms with Crippen LogP contribution in [0.4, 0.5) is 5.69 Å². The van der Waals surface area contributed by atoms with Gasteiger partial charge in [-0.1, -0.05) is 11.6 Å². The van der Waals surface area contributed by atoms with Gasteiger partial charge in [0.2, 0.25) is 0 Å². The van der Waals surface area contributed by atoms with E-state index in [0.29, 0.717) is 38.1 Å². The number of anilines is 1. The Morgan fingerprint density at radius 2 is 2.05 bits per heavy atom. The number of thiazole rings is 1. The first-order valence-electron chi connectivity index (χ1n) is 5.91. The van der Waals surface area contributed by atoms with Crippen LogP contribution in [0.25, 0.3) is 22.1 Å². The van der Waals surface area contributed by atoms with Crippen molar-refractivity contribution in [2.45, 2.75) is 6.92 Å². The summed E-state index contributed by atoms with van der Waals surface area (Å²) >= 11 is 11.0. The maximum absolute atomic E-state index is 6.04. The van der Waals surface area contributed by atoms with Crippen LogP contribution in [0.15, 0.2) is 28.3 Å². The fourth-order valence-corrected chi connectivity index (χ4v) is 2.86. The molecule has 2 N–H and O–H groups in total. The lowest BCUT2D eigenvalue weighted by molar-refractivity contribution is 1.11. The second-order valence-corrected chi connectivity index (χ2v) is 6.27. The Morgan fingerprint density at radius 3 is 2.71 bits per heavy atom. The number of pyridine rings is 1. The molecule has 0 fully saturated rings. The molecule has 3 heterocycles. The zero-order valence-corrected chi connectivity index (χ0v) is 14.0. The number of rotatable bonds is 2. The fraction of sp³-hybridized carbons (Fsp3) is 0.0769. The van der Waals surface area contributed by atoms with Crippen LogP contribution in [0, 0.1) is 6.92 Å². The molecule has 0 unspecified atom stereocenters. The number of nitrogens with zero attached hydrogens (tertiary/aromatic N) is 4. The van der Waals surface area contributed by atoms with E-state index in [9.17, 15) is 0 Å². The summed E-state index contributed by atoms with van der Waals surface area (Å²) in [4.78, 5) is 17.3. The van der Waals surface area contributed by atoms with Crippen LogP contribution in [-0.4, -0.2) is 19.9 Å². The maximum atomic E-state index is 6.04. The Bertz CT molecular complexity index is 807. The molecule has 0 bridgehead atoms. The van der Waals surface area contributed by atoms with Gasteiger partial charge in [-0.3, -0.25) is 4.98 Å². The van der Waals surface area contributed by atoms with Crippen LogP contribution in [0.5, 0.6) is 0 Å². The van der Waals surface area contributed by atoms with Crippen molar-refractivity contribution in [3.05, 3.63) is 39.2 Å². The first-order chi connectivity index (χ1) is 10.1. The molecule has 0 atom stereocenters. The summed E-state index contributed by atoms with van der Waals surface area (Å²) in [5.74, 6) is 0. The minimum atomic E-state index is 0.347. The number of hydrogen-bond donors (Lipinski definition) is 1. The summed E-state index contributed by atoms with van der Waals surface area (Å²) in [5.41, 5.74) is 9.11. The van der Waals surface area contributed by atoms with Crippen molar-refractivity contribution in [1.82, 2.24) is 19.9 Å². The van der Waals surface area contributed by atoms with Gasteiger partial charge in [-0.25, -0.2) is 15.0 Å². The molecule has 0 aliphatic carbocycles. The van der Waals surface area contributed by atoms with Gasteiger partial charge in [0, 0.05) is 11.6 Å². The van der Waals surface area contributed by atoms with E-state index >= 15 is 0 Å². The molecule has 0 saturated heterocycles. The van der Waals surface area contributed by atoms with Crippen molar-refractivity contribution >= 4 is 44.6 Å². The van der Waals surface area contributed by atoms with E-state index in [1.165, 1.54) is 11.3 Å². The van der Waals surface area contributed by atoms with Crippen molar-refractivity contribution in [3.63, 3.8) is 0 Å². The molecule has 0 aliphatic rings. The Labute approximate surface area is 138 Å². The molecule has 106 valence electrons. The van der Waals surface area contributed by atoms with Crippen LogP contribution >= 0.6 is 38.9 Å². The third-order valence-electron chi connectivity index (χ3n) is 2.78. The van der Waals surface area contributed by atoms with Crippen molar-refractivity contribution < 1.29 is 0 Å². The molecule has 21 heavy (non-hydrogen) atoms. The normalized spacial score (nSPS) is 10.8. The minimum Gasteiger partial charge on any atom is -0.398 e. The molecule has 0 saturated carbocycles. The number of hydrogen-bond acceptors (Lipinski definition) is 6. The molecule has 3 rings (SSSR count). The van der Waals surface area contributed by atoms with E-state index in [4.69, 9.17) is 17.3 Å². The standard InChI is InChI=1S/C13H9BrClN5S/c1-6-12(15)20-9(5-18-6)11-10(14)7(16)4-8(19-11)13-17-2-3-21-13/h2-5H,1H3,(H2,16,19). The molecule has 0 spiro atoms. The molecule has 0 aliphatic heterocycles. The van der Waals surface area contributed by atoms with Gasteiger partial charge >= 0.3 is 0 Å². The summed E-state index contributed by atoms with van der Waals surface area (Å²) in [5, 5.41) is 3.03. The molecular weight excluding hydrogens is 374 g/mol. The molecule has 3 aromatic heterocycles. The fourth-order valence-electron chi connectivity index (χ4n) is 1.72. The lowest BCUT2D eigenvalue weighted by Crippen LogP contribution is -1.98. The van der Waals surface area contributed by atoms with E-state index in [1.807, 2.05) is 5.38 Å². The van der Waals surface area contributed by atoms with Crippen molar-refractivity contribution in [2.24, 2.45) is 0 Å². The molecule has 0 aromatic carbocycles. The number of halogens is 2. The number of aromatic nitrogens is 4. The van der Waals surface area contributed by atoms with E-state index in [-0.39, 0.29) is 0 Å². The third-order valence-corrected chi connectivity index (χ3v) is 4.76. The van der Waals surface area contributed by atoms with E-state index < -0.39 is 0 Å². The first kappa shape index (κ1) is 14.4. The van der Waals surface area contributed by atoms with Crippen LogP contribution < -0.4 is 5.73 Å². The van der Waals surface area contributed by atoms with Gasteiger partial charge in [-0.15, -0.1) is 11.3 Å². The number of nitrogens with two attached hydrogens (primary N) is 1. The zero-order chi connectivity index (χ0) is 15.0. The Hall–Kier alpha value is -1.57. The van der Waals surface area contributed by atoms with Gasteiger partial charge < -0.3 is 5.73 Å². The number of aryl methyl sites for hydroxylation is 1. The van der Waals surface area contributed by atoms with E-state index in [1.54, 1.807) is 25.4 Å². The Morgan fingerprint density at radius 1 is 1.24 bits per heavy atom. The zero-order valence-electron chi connectivity index (χ0n) is 10.8. The van der Waals surface area contributed by atoms with Crippen molar-refractivity contribution in [3.8, 4) is 22.1 Å². The van der Waals surface area contributed by atoms with Crippen LogP contribution in [0.1, 0.15) is 5.69 Å². The highest BCUT2D eigenvalue weighted by atomic mass is 79.9.